The maximum atomic E-state index is 5.73. The van der Waals surface area contributed by atoms with Gasteiger partial charge in [0.15, 0.2) is 9.03 Å². The summed E-state index contributed by atoms with van der Waals surface area (Å²) in [4.78, 5) is 0. The molecule has 22 heavy (non-hydrogen) atoms. The van der Waals surface area contributed by atoms with Crippen LogP contribution >= 0.6 is 9.03 Å². The third kappa shape index (κ3) is 5.82. The molecule has 1 radical (unpaired) electrons. The average molecular weight is 327 g/mol. The van der Waals surface area contributed by atoms with Gasteiger partial charge in [-0.1, -0.05) is 19.1 Å². The molecule has 1 heterocycles. The van der Waals surface area contributed by atoms with E-state index < -0.39 is 0 Å². The second kappa shape index (κ2) is 10.1. The Morgan fingerprint density at radius 2 is 2.09 bits per heavy atom. The summed E-state index contributed by atoms with van der Waals surface area (Å²) in [7, 11) is 1.72. The molecule has 0 saturated carbocycles. The van der Waals surface area contributed by atoms with Gasteiger partial charge in [0.1, 0.15) is 11.9 Å². The number of hydrogen-bond donors (Lipinski definition) is 0. The van der Waals surface area contributed by atoms with Gasteiger partial charge >= 0.3 is 0 Å². The van der Waals surface area contributed by atoms with Crippen molar-refractivity contribution in [1.82, 2.24) is 0 Å². The van der Waals surface area contributed by atoms with Gasteiger partial charge in [-0.25, -0.2) is 0 Å². The molecule has 1 aliphatic rings. The Morgan fingerprint density at radius 3 is 2.82 bits per heavy atom. The molecule has 1 aromatic rings. The van der Waals surface area contributed by atoms with Gasteiger partial charge in [-0.05, 0) is 24.1 Å². The fourth-order valence-electron chi connectivity index (χ4n) is 2.04. The second-order valence-corrected chi connectivity index (χ2v) is 5.72. The van der Waals surface area contributed by atoms with Crippen molar-refractivity contribution in [2.75, 3.05) is 20.3 Å². The maximum Gasteiger partial charge on any atom is 0.155 e. The van der Waals surface area contributed by atoms with E-state index in [-0.39, 0.29) is 21.2 Å². The van der Waals surface area contributed by atoms with Gasteiger partial charge in [0.25, 0.3) is 0 Å². The highest BCUT2D eigenvalue weighted by Crippen LogP contribution is 2.28. The standard InChI is InChI=1S/C16H24O5P/c1-3-9-20-22-21-15-8-10-19-16(15)12-18-11-13-4-6-14(17-2)7-5-13/h4-7,10,15-16,22H,3,8-9,11-12H2,1-2H3/t15-,16-/m1/s1. The molecule has 1 aromatic carbocycles. The Bertz CT molecular complexity index is 412. The fourth-order valence-corrected chi connectivity index (χ4v) is 2.77. The summed E-state index contributed by atoms with van der Waals surface area (Å²) in [5.41, 5.74) is 1.10. The predicted molar refractivity (Wildman–Crippen MR) is 85.9 cm³/mol. The number of methoxy groups -OCH3 is 1. The average Bonchev–Trinajstić information content (AvgIpc) is 3.00. The van der Waals surface area contributed by atoms with Crippen molar-refractivity contribution in [3.8, 4) is 5.75 Å². The lowest BCUT2D eigenvalue weighted by atomic mass is 10.2. The number of benzene rings is 1. The molecule has 1 saturated heterocycles. The van der Waals surface area contributed by atoms with E-state index in [1.165, 1.54) is 0 Å². The molecule has 1 fully saturated rings. The van der Waals surface area contributed by atoms with Crippen LogP contribution in [0.5, 0.6) is 5.75 Å². The summed E-state index contributed by atoms with van der Waals surface area (Å²) in [5, 5.41) is 0. The van der Waals surface area contributed by atoms with Gasteiger partial charge in [0, 0.05) is 6.42 Å². The number of ether oxygens (including phenoxy) is 3. The van der Waals surface area contributed by atoms with E-state index in [0.717, 1.165) is 30.8 Å². The minimum Gasteiger partial charge on any atom is -0.497 e. The maximum absolute atomic E-state index is 5.73. The SMILES string of the molecule is CCCOPO[C@@H]1C[CH]O[C@@H]1COCc1ccc(OC)cc1. The summed E-state index contributed by atoms with van der Waals surface area (Å²) in [6.45, 7) is 5.65. The van der Waals surface area contributed by atoms with Gasteiger partial charge in [-0.3, -0.25) is 0 Å². The topological polar surface area (TPSA) is 46.2 Å². The highest BCUT2D eigenvalue weighted by atomic mass is 31.1. The highest BCUT2D eigenvalue weighted by molar-refractivity contribution is 7.26. The Labute approximate surface area is 134 Å². The van der Waals surface area contributed by atoms with Crippen LogP contribution < -0.4 is 4.74 Å². The molecule has 0 N–H and O–H groups in total. The van der Waals surface area contributed by atoms with Crippen LogP contribution in [0.25, 0.3) is 0 Å². The lowest BCUT2D eigenvalue weighted by Gasteiger charge is -2.18. The van der Waals surface area contributed by atoms with E-state index in [9.17, 15) is 0 Å². The molecule has 123 valence electrons. The Balaban J connectivity index is 1.66. The molecule has 0 aromatic heterocycles. The van der Waals surface area contributed by atoms with Crippen molar-refractivity contribution in [1.29, 1.82) is 0 Å². The first-order valence-corrected chi connectivity index (χ1v) is 8.35. The first-order chi connectivity index (χ1) is 10.8. The zero-order valence-corrected chi connectivity index (χ0v) is 14.1. The summed E-state index contributed by atoms with van der Waals surface area (Å²) in [5.74, 6) is 0.846. The van der Waals surface area contributed by atoms with Crippen LogP contribution in [0.3, 0.4) is 0 Å². The Kier molecular flexibility index (Phi) is 8.13. The predicted octanol–water partition coefficient (Wildman–Crippen LogP) is 3.48. The van der Waals surface area contributed by atoms with Crippen molar-refractivity contribution >= 4 is 9.03 Å². The van der Waals surface area contributed by atoms with E-state index >= 15 is 0 Å². The van der Waals surface area contributed by atoms with Gasteiger partial charge in [0.2, 0.25) is 0 Å². The second-order valence-electron chi connectivity index (χ2n) is 5.03. The summed E-state index contributed by atoms with van der Waals surface area (Å²) in [6.07, 6.45) is 1.74. The van der Waals surface area contributed by atoms with Crippen molar-refractivity contribution < 1.29 is 23.3 Å². The molecule has 6 heteroatoms. The van der Waals surface area contributed by atoms with E-state index in [2.05, 4.69) is 6.92 Å². The first kappa shape index (κ1) is 17.6. The van der Waals surface area contributed by atoms with Crippen molar-refractivity contribution in [3.05, 3.63) is 36.4 Å². The highest BCUT2D eigenvalue weighted by Gasteiger charge is 2.29. The quantitative estimate of drug-likeness (QED) is 0.486. The molecular weight excluding hydrogens is 303 g/mol. The lowest BCUT2D eigenvalue weighted by molar-refractivity contribution is -0.0109. The third-order valence-corrected chi connectivity index (χ3v) is 4.01. The zero-order valence-electron chi connectivity index (χ0n) is 13.1. The Hall–Kier alpha value is -0.710. The van der Waals surface area contributed by atoms with Crippen molar-refractivity contribution in [2.45, 2.75) is 38.6 Å². The van der Waals surface area contributed by atoms with Crippen LogP contribution in [0, 0.1) is 6.61 Å². The number of hydrogen-bond acceptors (Lipinski definition) is 5. The van der Waals surface area contributed by atoms with Crippen LogP contribution in [0.15, 0.2) is 24.3 Å². The largest absolute Gasteiger partial charge is 0.497 e. The minimum absolute atomic E-state index is 0.0195. The molecule has 0 aliphatic carbocycles. The molecule has 0 bridgehead atoms. The third-order valence-electron chi connectivity index (χ3n) is 3.29. The van der Waals surface area contributed by atoms with Gasteiger partial charge in [0.05, 0.1) is 39.6 Å². The van der Waals surface area contributed by atoms with E-state index in [4.69, 9.17) is 23.3 Å². The summed E-state index contributed by atoms with van der Waals surface area (Å²) in [6, 6.07) is 7.84. The Morgan fingerprint density at radius 1 is 1.27 bits per heavy atom. The monoisotopic (exact) mass is 327 g/mol. The smallest absolute Gasteiger partial charge is 0.155 e. The first-order valence-electron chi connectivity index (χ1n) is 7.53. The van der Waals surface area contributed by atoms with Gasteiger partial charge in [-0.15, -0.1) is 0 Å². The van der Waals surface area contributed by atoms with Crippen LogP contribution in [-0.2, 0) is 25.1 Å². The lowest BCUT2D eigenvalue weighted by Crippen LogP contribution is -2.27. The van der Waals surface area contributed by atoms with E-state index in [0.29, 0.717) is 13.2 Å². The van der Waals surface area contributed by atoms with Gasteiger partial charge < -0.3 is 23.3 Å². The van der Waals surface area contributed by atoms with Crippen LogP contribution in [-0.4, -0.2) is 32.5 Å². The zero-order chi connectivity index (χ0) is 15.6. The summed E-state index contributed by atoms with van der Waals surface area (Å²) >= 11 is 0. The van der Waals surface area contributed by atoms with Gasteiger partial charge in [-0.2, -0.15) is 0 Å². The van der Waals surface area contributed by atoms with Crippen molar-refractivity contribution in [2.24, 2.45) is 0 Å². The molecule has 1 unspecified atom stereocenters. The number of rotatable bonds is 10. The van der Waals surface area contributed by atoms with Crippen LogP contribution in [0.2, 0.25) is 0 Å². The summed E-state index contributed by atoms with van der Waals surface area (Å²) < 4.78 is 27.5. The molecular formula is C16H24O5P. The molecule has 3 atom stereocenters. The van der Waals surface area contributed by atoms with Crippen LogP contribution in [0.1, 0.15) is 25.3 Å². The normalized spacial score (nSPS) is 21.7. The van der Waals surface area contributed by atoms with E-state index in [1.807, 2.05) is 24.3 Å². The van der Waals surface area contributed by atoms with Crippen molar-refractivity contribution in [3.63, 3.8) is 0 Å². The molecule has 0 spiro atoms. The van der Waals surface area contributed by atoms with Crippen LogP contribution in [0.4, 0.5) is 0 Å². The molecule has 5 nitrogen and oxygen atoms in total. The van der Waals surface area contributed by atoms with E-state index in [1.54, 1.807) is 13.7 Å². The molecule has 2 rings (SSSR count). The fraction of sp³-hybridized carbons (Fsp3) is 0.562. The molecule has 1 aliphatic heterocycles. The molecule has 0 amide bonds. The minimum atomic E-state index is -0.0593.